The number of nitrogens with zero attached hydrogens (tertiary/aromatic N) is 3. The van der Waals surface area contributed by atoms with E-state index >= 15 is 0 Å². The van der Waals surface area contributed by atoms with E-state index in [1.807, 2.05) is 78.9 Å². The van der Waals surface area contributed by atoms with Crippen molar-refractivity contribution in [2.75, 3.05) is 51.3 Å². The molecule has 0 radical (unpaired) electrons. The topological polar surface area (TPSA) is 82.5 Å². The van der Waals surface area contributed by atoms with Gasteiger partial charge in [-0.3, -0.25) is 9.69 Å². The number of ether oxygens (including phenoxy) is 2. The molecule has 3 aromatic carbocycles. The van der Waals surface area contributed by atoms with Crippen molar-refractivity contribution < 1.29 is 24.2 Å². The van der Waals surface area contributed by atoms with Gasteiger partial charge in [-0.1, -0.05) is 54.6 Å². The third kappa shape index (κ3) is 6.38. The summed E-state index contributed by atoms with van der Waals surface area (Å²) in [4.78, 5) is 32.7. The van der Waals surface area contributed by atoms with Gasteiger partial charge in [-0.2, -0.15) is 0 Å². The zero-order valence-electron chi connectivity index (χ0n) is 21.9. The van der Waals surface area contributed by atoms with E-state index in [1.54, 1.807) is 16.9 Å². The lowest BCUT2D eigenvalue weighted by molar-refractivity contribution is -0.126. The van der Waals surface area contributed by atoms with Crippen molar-refractivity contribution in [3.05, 3.63) is 90.0 Å². The molecule has 2 aliphatic rings. The molecule has 8 nitrogen and oxygen atoms in total. The van der Waals surface area contributed by atoms with Crippen LogP contribution in [0.5, 0.6) is 5.75 Å². The summed E-state index contributed by atoms with van der Waals surface area (Å²) in [5.41, 5.74) is 2.64. The SMILES string of the molecule is COc1ccc([C@@H]2Sc3ccccc3N(CCN3CCN(C(=O)OCc4ccccc4)CC3)C(=O)[C@@H]2O)cc1. The number of carbonyl (C=O) groups excluding carboxylic acids is 2. The number of fused-ring (bicyclic) bond motifs is 1. The van der Waals surface area contributed by atoms with Gasteiger partial charge in [-0.15, -0.1) is 11.8 Å². The number of aliphatic hydroxyl groups is 1. The van der Waals surface area contributed by atoms with Crippen molar-refractivity contribution in [2.45, 2.75) is 22.9 Å². The van der Waals surface area contributed by atoms with Crippen molar-refractivity contribution in [1.82, 2.24) is 9.80 Å². The minimum absolute atomic E-state index is 0.258. The number of carbonyl (C=O) groups is 2. The molecule has 0 bridgehead atoms. The highest BCUT2D eigenvalue weighted by molar-refractivity contribution is 7.99. The molecular weight excluding hydrogens is 514 g/mol. The van der Waals surface area contributed by atoms with Crippen LogP contribution in [0.4, 0.5) is 10.5 Å². The number of anilines is 1. The Morgan fingerprint density at radius 3 is 2.33 bits per heavy atom. The van der Waals surface area contributed by atoms with Crippen LogP contribution in [0.15, 0.2) is 83.8 Å². The second-order valence-electron chi connectivity index (χ2n) is 9.58. The largest absolute Gasteiger partial charge is 0.497 e. The summed E-state index contributed by atoms with van der Waals surface area (Å²) < 4.78 is 10.7. The van der Waals surface area contributed by atoms with Crippen LogP contribution < -0.4 is 9.64 Å². The Balaban J connectivity index is 1.19. The van der Waals surface area contributed by atoms with Gasteiger partial charge in [0.1, 0.15) is 18.5 Å². The molecule has 39 heavy (non-hydrogen) atoms. The van der Waals surface area contributed by atoms with Crippen LogP contribution in [0, 0.1) is 0 Å². The van der Waals surface area contributed by atoms with Crippen LogP contribution in [0.1, 0.15) is 16.4 Å². The first-order chi connectivity index (χ1) is 19.0. The molecule has 5 rings (SSSR count). The van der Waals surface area contributed by atoms with E-state index in [1.165, 1.54) is 11.8 Å². The van der Waals surface area contributed by atoms with Gasteiger partial charge in [0.15, 0.2) is 0 Å². The molecule has 0 saturated carbocycles. The van der Waals surface area contributed by atoms with Crippen molar-refractivity contribution in [1.29, 1.82) is 0 Å². The lowest BCUT2D eigenvalue weighted by Crippen LogP contribution is -2.51. The summed E-state index contributed by atoms with van der Waals surface area (Å²) in [6.45, 7) is 3.85. The predicted molar refractivity (Wildman–Crippen MR) is 151 cm³/mol. The molecule has 2 aliphatic heterocycles. The molecule has 0 aliphatic carbocycles. The fraction of sp³-hybridized carbons (Fsp3) is 0.333. The number of benzene rings is 3. The van der Waals surface area contributed by atoms with E-state index < -0.39 is 11.4 Å². The molecule has 0 spiro atoms. The van der Waals surface area contributed by atoms with E-state index in [2.05, 4.69) is 4.90 Å². The number of amides is 2. The van der Waals surface area contributed by atoms with Crippen LogP contribution >= 0.6 is 11.8 Å². The van der Waals surface area contributed by atoms with Crippen LogP contribution in [0.25, 0.3) is 0 Å². The molecule has 9 heteroatoms. The van der Waals surface area contributed by atoms with Crippen molar-refractivity contribution in [3.63, 3.8) is 0 Å². The summed E-state index contributed by atoms with van der Waals surface area (Å²) >= 11 is 1.50. The molecule has 0 unspecified atom stereocenters. The first kappa shape index (κ1) is 27.1. The minimum Gasteiger partial charge on any atom is -0.497 e. The van der Waals surface area contributed by atoms with E-state index in [4.69, 9.17) is 9.47 Å². The van der Waals surface area contributed by atoms with E-state index in [0.717, 1.165) is 27.5 Å². The normalized spacial score (nSPS) is 19.8. The zero-order valence-corrected chi connectivity index (χ0v) is 22.8. The van der Waals surface area contributed by atoms with Gasteiger partial charge >= 0.3 is 6.09 Å². The summed E-state index contributed by atoms with van der Waals surface area (Å²) in [7, 11) is 1.61. The smallest absolute Gasteiger partial charge is 0.410 e. The Labute approximate surface area is 233 Å². The van der Waals surface area contributed by atoms with Gasteiger partial charge in [0, 0.05) is 44.2 Å². The maximum Gasteiger partial charge on any atom is 0.410 e. The van der Waals surface area contributed by atoms with Gasteiger partial charge in [0.25, 0.3) is 5.91 Å². The Kier molecular flexibility index (Phi) is 8.71. The number of methoxy groups -OCH3 is 1. The Morgan fingerprint density at radius 2 is 1.62 bits per heavy atom. The molecule has 1 N–H and O–H groups in total. The molecule has 204 valence electrons. The van der Waals surface area contributed by atoms with Crippen LogP contribution in [0.2, 0.25) is 0 Å². The standard InChI is InChI=1S/C30H33N3O5S/c1-37-24-13-11-23(12-14-24)28-27(34)29(35)33(25-9-5-6-10-26(25)39-28)20-17-31-15-18-32(19-16-31)30(36)38-21-22-7-3-2-4-8-22/h2-14,27-28,34H,15-21H2,1H3/t27-,28+/m1/s1. The van der Waals surface area contributed by atoms with Gasteiger partial charge in [-0.25, -0.2) is 4.79 Å². The molecule has 2 heterocycles. The third-order valence-corrected chi connectivity index (χ3v) is 8.52. The van der Waals surface area contributed by atoms with Gasteiger partial charge in [0.2, 0.25) is 0 Å². The van der Waals surface area contributed by atoms with Gasteiger partial charge in [-0.05, 0) is 35.4 Å². The number of para-hydroxylation sites is 1. The molecular formula is C30H33N3O5S. The number of thioether (sulfide) groups is 1. The van der Waals surface area contributed by atoms with Crippen molar-refractivity contribution in [2.24, 2.45) is 0 Å². The van der Waals surface area contributed by atoms with Gasteiger partial charge in [0.05, 0.1) is 18.0 Å². The van der Waals surface area contributed by atoms with Crippen molar-refractivity contribution >= 4 is 29.4 Å². The number of hydrogen-bond donors (Lipinski definition) is 1. The Bertz CT molecular complexity index is 1270. The maximum absolute atomic E-state index is 13.6. The summed E-state index contributed by atoms with van der Waals surface area (Å²) in [6.07, 6.45) is -1.49. The minimum atomic E-state index is -1.19. The molecule has 1 saturated heterocycles. The average Bonchev–Trinajstić information content (AvgIpc) is 3.09. The average molecular weight is 548 g/mol. The molecule has 2 amide bonds. The van der Waals surface area contributed by atoms with Crippen molar-refractivity contribution in [3.8, 4) is 5.75 Å². The fourth-order valence-electron chi connectivity index (χ4n) is 4.87. The van der Waals surface area contributed by atoms with Crippen LogP contribution in [-0.2, 0) is 16.1 Å². The monoisotopic (exact) mass is 547 g/mol. The Hall–Kier alpha value is -3.53. The molecule has 0 aromatic heterocycles. The summed E-state index contributed by atoms with van der Waals surface area (Å²) in [5.74, 6) is 0.418. The first-order valence-electron chi connectivity index (χ1n) is 13.1. The predicted octanol–water partition coefficient (Wildman–Crippen LogP) is 4.19. The second kappa shape index (κ2) is 12.5. The van der Waals surface area contributed by atoms with Gasteiger partial charge < -0.3 is 24.4 Å². The maximum atomic E-state index is 13.6. The highest BCUT2D eigenvalue weighted by Crippen LogP contribution is 2.45. The number of aliphatic hydroxyl groups excluding tert-OH is 1. The lowest BCUT2D eigenvalue weighted by Gasteiger charge is -2.35. The Morgan fingerprint density at radius 1 is 0.923 bits per heavy atom. The lowest BCUT2D eigenvalue weighted by atomic mass is 10.1. The van der Waals surface area contributed by atoms with E-state index in [9.17, 15) is 14.7 Å². The molecule has 2 atom stereocenters. The second-order valence-corrected chi connectivity index (χ2v) is 10.8. The highest BCUT2D eigenvalue weighted by Gasteiger charge is 2.37. The summed E-state index contributed by atoms with van der Waals surface area (Å²) in [6, 6.07) is 24.9. The first-order valence-corrected chi connectivity index (χ1v) is 14.0. The van der Waals surface area contributed by atoms with E-state index in [-0.39, 0.29) is 18.6 Å². The number of hydrogen-bond acceptors (Lipinski definition) is 7. The zero-order chi connectivity index (χ0) is 27.2. The summed E-state index contributed by atoms with van der Waals surface area (Å²) in [5, 5.41) is 10.8. The molecule has 1 fully saturated rings. The van der Waals surface area contributed by atoms with E-state index in [0.29, 0.717) is 39.3 Å². The highest BCUT2D eigenvalue weighted by atomic mass is 32.2. The molecule has 3 aromatic rings. The van der Waals surface area contributed by atoms with Crippen LogP contribution in [0.3, 0.4) is 0 Å². The van der Waals surface area contributed by atoms with Crippen LogP contribution in [-0.4, -0.2) is 79.4 Å². The number of piperazine rings is 1. The third-order valence-electron chi connectivity index (χ3n) is 7.14. The quantitative estimate of drug-likeness (QED) is 0.475. The fourth-order valence-corrected chi connectivity index (χ4v) is 6.14. The number of rotatable bonds is 7.